The molecule has 1 aliphatic heterocycles. The van der Waals surface area contributed by atoms with Crippen molar-refractivity contribution in [3.63, 3.8) is 0 Å². The largest absolute Gasteiger partial charge is 0.355 e. The third-order valence-electron chi connectivity index (χ3n) is 4.40. The van der Waals surface area contributed by atoms with E-state index in [1.165, 1.54) is 13.8 Å². The molecule has 0 radical (unpaired) electrons. The van der Waals surface area contributed by atoms with Crippen LogP contribution in [0.2, 0.25) is 0 Å². The van der Waals surface area contributed by atoms with E-state index in [9.17, 15) is 9.59 Å². The van der Waals surface area contributed by atoms with Crippen molar-refractivity contribution >= 4 is 34.1 Å². The first-order valence-corrected chi connectivity index (χ1v) is 7.84. The SMILES string of the molecule is CC(=O)N1c2ccccc2N(C(C)=O)C1c1cc2ccccc2[nH]1. The number of benzene rings is 2. The maximum atomic E-state index is 12.3. The number of hydrogen-bond acceptors (Lipinski definition) is 2. The van der Waals surface area contributed by atoms with Gasteiger partial charge < -0.3 is 4.98 Å². The maximum Gasteiger partial charge on any atom is 0.225 e. The van der Waals surface area contributed by atoms with Crippen molar-refractivity contribution in [3.05, 3.63) is 60.3 Å². The fraction of sp³-hybridized carbons (Fsp3) is 0.158. The van der Waals surface area contributed by atoms with E-state index in [1.54, 1.807) is 9.80 Å². The van der Waals surface area contributed by atoms with Gasteiger partial charge in [-0.05, 0) is 29.7 Å². The summed E-state index contributed by atoms with van der Waals surface area (Å²) in [6, 6.07) is 17.4. The van der Waals surface area contributed by atoms with Gasteiger partial charge in [-0.3, -0.25) is 19.4 Å². The quantitative estimate of drug-likeness (QED) is 0.745. The van der Waals surface area contributed by atoms with Gasteiger partial charge in [-0.25, -0.2) is 0 Å². The molecule has 120 valence electrons. The van der Waals surface area contributed by atoms with E-state index in [0.29, 0.717) is 0 Å². The van der Waals surface area contributed by atoms with Crippen LogP contribution in [0, 0.1) is 0 Å². The van der Waals surface area contributed by atoms with Gasteiger partial charge in [-0.15, -0.1) is 0 Å². The lowest BCUT2D eigenvalue weighted by atomic mass is 10.2. The molecule has 0 unspecified atom stereocenters. The molecule has 0 atom stereocenters. The second-order valence-electron chi connectivity index (χ2n) is 5.95. The Morgan fingerprint density at radius 2 is 1.42 bits per heavy atom. The van der Waals surface area contributed by atoms with Crippen LogP contribution >= 0.6 is 0 Å². The summed E-state index contributed by atoms with van der Waals surface area (Å²) in [5.41, 5.74) is 3.31. The molecule has 2 heterocycles. The van der Waals surface area contributed by atoms with E-state index in [0.717, 1.165) is 28.0 Å². The van der Waals surface area contributed by atoms with Gasteiger partial charge in [0.15, 0.2) is 6.17 Å². The number of nitrogens with zero attached hydrogens (tertiary/aromatic N) is 2. The number of anilines is 2. The Labute approximate surface area is 139 Å². The summed E-state index contributed by atoms with van der Waals surface area (Å²) in [7, 11) is 0. The monoisotopic (exact) mass is 319 g/mol. The molecule has 5 heteroatoms. The molecule has 4 rings (SSSR count). The summed E-state index contributed by atoms with van der Waals surface area (Å²) in [5.74, 6) is -0.204. The lowest BCUT2D eigenvalue weighted by Crippen LogP contribution is -2.40. The number of H-pyrrole nitrogens is 1. The molecular formula is C19H17N3O2. The molecule has 24 heavy (non-hydrogen) atoms. The van der Waals surface area contributed by atoms with Crippen LogP contribution in [0.4, 0.5) is 11.4 Å². The Balaban J connectivity index is 1.94. The first-order valence-electron chi connectivity index (χ1n) is 7.84. The molecule has 0 spiro atoms. The lowest BCUT2D eigenvalue weighted by molar-refractivity contribution is -0.118. The van der Waals surface area contributed by atoms with Gasteiger partial charge in [0.2, 0.25) is 11.8 Å². The number of para-hydroxylation sites is 3. The summed E-state index contributed by atoms with van der Waals surface area (Å²) < 4.78 is 0. The zero-order chi connectivity index (χ0) is 16.8. The topological polar surface area (TPSA) is 56.4 Å². The normalized spacial score (nSPS) is 14.2. The number of rotatable bonds is 1. The number of fused-ring (bicyclic) bond motifs is 2. The molecule has 0 saturated heterocycles. The second kappa shape index (κ2) is 5.23. The minimum absolute atomic E-state index is 0.102. The van der Waals surface area contributed by atoms with Crippen molar-refractivity contribution in [2.75, 3.05) is 9.80 Å². The number of aromatic nitrogens is 1. The predicted octanol–water partition coefficient (Wildman–Crippen LogP) is 3.59. The third-order valence-corrected chi connectivity index (χ3v) is 4.40. The molecule has 0 saturated carbocycles. The Morgan fingerprint density at radius 3 is 1.96 bits per heavy atom. The average Bonchev–Trinajstić information content (AvgIpc) is 3.13. The predicted molar refractivity (Wildman–Crippen MR) is 93.8 cm³/mol. The van der Waals surface area contributed by atoms with Crippen LogP contribution in [0.5, 0.6) is 0 Å². The molecule has 1 aromatic heterocycles. The number of nitrogens with one attached hydrogen (secondary N) is 1. The van der Waals surface area contributed by atoms with Crippen molar-refractivity contribution < 1.29 is 9.59 Å². The van der Waals surface area contributed by atoms with Crippen molar-refractivity contribution in [2.45, 2.75) is 20.0 Å². The van der Waals surface area contributed by atoms with Crippen LogP contribution in [0.25, 0.3) is 10.9 Å². The molecule has 1 aliphatic rings. The molecule has 2 amide bonds. The van der Waals surface area contributed by atoms with E-state index < -0.39 is 6.17 Å². The molecule has 2 aromatic carbocycles. The highest BCUT2D eigenvalue weighted by molar-refractivity contribution is 6.07. The van der Waals surface area contributed by atoms with Crippen LogP contribution in [0.3, 0.4) is 0 Å². The van der Waals surface area contributed by atoms with Gasteiger partial charge in [0.1, 0.15) is 0 Å². The number of aromatic amines is 1. The molecule has 3 aromatic rings. The number of carbonyl (C=O) groups is 2. The Morgan fingerprint density at radius 1 is 0.875 bits per heavy atom. The first-order chi connectivity index (χ1) is 11.6. The number of carbonyl (C=O) groups excluding carboxylic acids is 2. The van der Waals surface area contributed by atoms with Crippen molar-refractivity contribution in [1.82, 2.24) is 4.98 Å². The zero-order valence-corrected chi connectivity index (χ0v) is 13.5. The van der Waals surface area contributed by atoms with E-state index in [1.807, 2.05) is 54.6 Å². The van der Waals surface area contributed by atoms with Gasteiger partial charge in [0.05, 0.1) is 17.1 Å². The fourth-order valence-corrected chi connectivity index (χ4v) is 3.45. The smallest absolute Gasteiger partial charge is 0.225 e. The van der Waals surface area contributed by atoms with Crippen LogP contribution in [-0.4, -0.2) is 16.8 Å². The van der Waals surface area contributed by atoms with Crippen LogP contribution in [0.1, 0.15) is 25.7 Å². The highest BCUT2D eigenvalue weighted by atomic mass is 16.2. The molecule has 5 nitrogen and oxygen atoms in total. The van der Waals surface area contributed by atoms with Crippen LogP contribution < -0.4 is 9.80 Å². The van der Waals surface area contributed by atoms with Crippen molar-refractivity contribution in [1.29, 1.82) is 0 Å². The molecule has 0 aliphatic carbocycles. The first kappa shape index (κ1) is 14.5. The van der Waals surface area contributed by atoms with Gasteiger partial charge in [-0.2, -0.15) is 0 Å². The van der Waals surface area contributed by atoms with Gasteiger partial charge >= 0.3 is 0 Å². The van der Waals surface area contributed by atoms with Crippen LogP contribution in [-0.2, 0) is 9.59 Å². The van der Waals surface area contributed by atoms with Gasteiger partial charge in [-0.1, -0.05) is 30.3 Å². The van der Waals surface area contributed by atoms with E-state index >= 15 is 0 Å². The highest BCUT2D eigenvalue weighted by Gasteiger charge is 2.41. The van der Waals surface area contributed by atoms with Crippen molar-refractivity contribution in [3.8, 4) is 0 Å². The number of hydrogen-bond donors (Lipinski definition) is 1. The van der Waals surface area contributed by atoms with Gasteiger partial charge in [0, 0.05) is 19.4 Å². The van der Waals surface area contributed by atoms with E-state index in [4.69, 9.17) is 0 Å². The Hall–Kier alpha value is -3.08. The number of amides is 2. The van der Waals surface area contributed by atoms with Crippen LogP contribution in [0.15, 0.2) is 54.6 Å². The van der Waals surface area contributed by atoms with Crippen molar-refractivity contribution in [2.24, 2.45) is 0 Å². The fourth-order valence-electron chi connectivity index (χ4n) is 3.45. The third kappa shape index (κ3) is 2.01. The zero-order valence-electron chi connectivity index (χ0n) is 13.5. The second-order valence-corrected chi connectivity index (χ2v) is 5.95. The average molecular weight is 319 g/mol. The molecule has 0 fully saturated rings. The standard InChI is InChI=1S/C19H17N3O2/c1-12(23)21-17-9-5-6-10-18(17)22(13(2)24)19(21)16-11-14-7-3-4-8-15(14)20-16/h3-11,19-20H,1-2H3. The van der Waals surface area contributed by atoms with Gasteiger partial charge in [0.25, 0.3) is 0 Å². The molecule has 1 N–H and O–H groups in total. The van der Waals surface area contributed by atoms with E-state index in [2.05, 4.69) is 4.98 Å². The lowest BCUT2D eigenvalue weighted by Gasteiger charge is -2.28. The summed E-state index contributed by atoms with van der Waals surface area (Å²) in [5, 5.41) is 1.05. The minimum Gasteiger partial charge on any atom is -0.355 e. The maximum absolute atomic E-state index is 12.3. The summed E-state index contributed by atoms with van der Waals surface area (Å²) in [6.45, 7) is 3.05. The van der Waals surface area contributed by atoms with E-state index in [-0.39, 0.29) is 11.8 Å². The summed E-state index contributed by atoms with van der Waals surface area (Å²) >= 11 is 0. The minimum atomic E-state index is -0.496. The molecular weight excluding hydrogens is 302 g/mol. The highest BCUT2D eigenvalue weighted by Crippen LogP contribution is 2.46. The Bertz CT molecular complexity index is 886. The molecule has 0 bridgehead atoms. The summed E-state index contributed by atoms with van der Waals surface area (Å²) in [4.78, 5) is 31.4. The summed E-state index contributed by atoms with van der Waals surface area (Å²) in [6.07, 6.45) is -0.496. The Kier molecular flexibility index (Phi) is 3.16.